The van der Waals surface area contributed by atoms with Crippen molar-refractivity contribution in [3.05, 3.63) is 30.1 Å². The molecule has 0 amide bonds. The highest BCUT2D eigenvalue weighted by molar-refractivity contribution is 5.83. The number of rotatable bonds is 3. The molecule has 2 aliphatic carbocycles. The molecule has 3 rings (SSSR count). The molecule has 0 saturated heterocycles. The smallest absolute Gasteiger partial charge is 0.141 e. The Balaban J connectivity index is 1.61. The quantitative estimate of drug-likeness (QED) is 0.750. The third-order valence-corrected chi connectivity index (χ3v) is 3.78. The molecule has 0 N–H and O–H groups in total. The van der Waals surface area contributed by atoms with Crippen LogP contribution in [0.25, 0.3) is 0 Å². The molecule has 2 unspecified atom stereocenters. The van der Waals surface area contributed by atoms with Crippen molar-refractivity contribution in [3.63, 3.8) is 0 Å². The largest absolute Gasteiger partial charge is 0.299 e. The number of carbonyl (C=O) groups is 1. The lowest BCUT2D eigenvalue weighted by atomic mass is 9.95. The molecule has 1 heterocycles. The molecule has 2 heteroatoms. The van der Waals surface area contributed by atoms with Gasteiger partial charge >= 0.3 is 0 Å². The third kappa shape index (κ3) is 1.81. The van der Waals surface area contributed by atoms with Gasteiger partial charge in [0.25, 0.3) is 0 Å². The van der Waals surface area contributed by atoms with E-state index < -0.39 is 0 Å². The maximum Gasteiger partial charge on any atom is 0.141 e. The van der Waals surface area contributed by atoms with Crippen LogP contribution in [0.2, 0.25) is 0 Å². The lowest BCUT2D eigenvalue weighted by Crippen LogP contribution is -2.15. The normalized spacial score (nSPS) is 32.4. The molecular weight excluding hydrogens is 186 g/mol. The summed E-state index contributed by atoms with van der Waals surface area (Å²) in [4.78, 5) is 16.1. The summed E-state index contributed by atoms with van der Waals surface area (Å²) in [5.74, 6) is 2.53. The first kappa shape index (κ1) is 9.08. The molecule has 2 atom stereocenters. The van der Waals surface area contributed by atoms with Crippen LogP contribution in [0.4, 0.5) is 0 Å². The van der Waals surface area contributed by atoms with Gasteiger partial charge in [-0.2, -0.15) is 0 Å². The summed E-state index contributed by atoms with van der Waals surface area (Å²) in [7, 11) is 0. The van der Waals surface area contributed by atoms with Gasteiger partial charge in [0, 0.05) is 24.2 Å². The molecule has 78 valence electrons. The minimum atomic E-state index is 0.343. The predicted molar refractivity (Wildman–Crippen MR) is 57.3 cm³/mol. The zero-order valence-electron chi connectivity index (χ0n) is 8.73. The molecule has 2 fully saturated rings. The molecule has 0 spiro atoms. The Hall–Kier alpha value is -1.18. The molecule has 0 radical (unpaired) electrons. The van der Waals surface area contributed by atoms with E-state index in [0.717, 1.165) is 30.4 Å². The molecule has 15 heavy (non-hydrogen) atoms. The van der Waals surface area contributed by atoms with Gasteiger partial charge in [-0.15, -0.1) is 0 Å². The first-order valence-corrected chi connectivity index (χ1v) is 5.75. The number of pyridine rings is 1. The second kappa shape index (κ2) is 3.44. The molecule has 2 nitrogen and oxygen atoms in total. The van der Waals surface area contributed by atoms with E-state index in [1.54, 1.807) is 6.20 Å². The number of ketones is 1. The molecule has 1 aromatic heterocycles. The minimum absolute atomic E-state index is 0.343. The Morgan fingerprint density at radius 3 is 2.73 bits per heavy atom. The molecule has 0 aromatic carbocycles. The van der Waals surface area contributed by atoms with Crippen molar-refractivity contribution >= 4 is 5.78 Å². The van der Waals surface area contributed by atoms with Crippen molar-refractivity contribution in [2.45, 2.75) is 25.7 Å². The van der Waals surface area contributed by atoms with Crippen LogP contribution in [0.15, 0.2) is 24.4 Å². The van der Waals surface area contributed by atoms with E-state index in [0.29, 0.717) is 18.1 Å². The molecule has 2 saturated carbocycles. The number of fused-ring (bicyclic) bond motifs is 1. The SMILES string of the molecule is O=C(Cc1ccccn1)C1CC2CC2C1. The van der Waals surface area contributed by atoms with Crippen LogP contribution in [-0.2, 0) is 11.2 Å². The summed E-state index contributed by atoms with van der Waals surface area (Å²) < 4.78 is 0. The van der Waals surface area contributed by atoms with E-state index in [9.17, 15) is 4.79 Å². The van der Waals surface area contributed by atoms with E-state index >= 15 is 0 Å². The molecule has 2 aliphatic rings. The summed E-state index contributed by atoms with van der Waals surface area (Å²) in [6, 6.07) is 5.77. The van der Waals surface area contributed by atoms with Crippen LogP contribution in [0.3, 0.4) is 0 Å². The van der Waals surface area contributed by atoms with Crippen molar-refractivity contribution in [3.8, 4) is 0 Å². The van der Waals surface area contributed by atoms with E-state index in [4.69, 9.17) is 0 Å². The lowest BCUT2D eigenvalue weighted by Gasteiger charge is -2.09. The monoisotopic (exact) mass is 201 g/mol. The van der Waals surface area contributed by atoms with Crippen molar-refractivity contribution in [2.75, 3.05) is 0 Å². The van der Waals surface area contributed by atoms with E-state index in [-0.39, 0.29) is 0 Å². The van der Waals surface area contributed by atoms with Gasteiger partial charge in [0.1, 0.15) is 5.78 Å². The summed E-state index contributed by atoms with van der Waals surface area (Å²) in [6.45, 7) is 0. The van der Waals surface area contributed by atoms with Gasteiger partial charge in [-0.05, 0) is 43.2 Å². The fourth-order valence-corrected chi connectivity index (χ4v) is 2.80. The maximum atomic E-state index is 11.9. The number of hydrogen-bond donors (Lipinski definition) is 0. The van der Waals surface area contributed by atoms with Gasteiger partial charge in [0.2, 0.25) is 0 Å². The zero-order valence-corrected chi connectivity index (χ0v) is 8.73. The minimum Gasteiger partial charge on any atom is -0.299 e. The second-order valence-corrected chi connectivity index (χ2v) is 4.89. The highest BCUT2D eigenvalue weighted by Gasteiger charge is 2.47. The fraction of sp³-hybridized carbons (Fsp3) is 0.538. The van der Waals surface area contributed by atoms with Gasteiger partial charge in [0.15, 0.2) is 0 Å². The molecule has 1 aromatic rings. The Kier molecular flexibility index (Phi) is 2.08. The van der Waals surface area contributed by atoms with Crippen LogP contribution in [0, 0.1) is 17.8 Å². The van der Waals surface area contributed by atoms with Crippen LogP contribution < -0.4 is 0 Å². The highest BCUT2D eigenvalue weighted by Crippen LogP contribution is 2.54. The molecular formula is C13H15NO. The summed E-state index contributed by atoms with van der Waals surface area (Å²) in [5, 5.41) is 0. The van der Waals surface area contributed by atoms with Crippen molar-refractivity contribution in [1.29, 1.82) is 0 Å². The van der Waals surface area contributed by atoms with E-state index in [1.807, 2.05) is 18.2 Å². The molecule has 0 aliphatic heterocycles. The highest BCUT2D eigenvalue weighted by atomic mass is 16.1. The number of aromatic nitrogens is 1. The van der Waals surface area contributed by atoms with Gasteiger partial charge in [-0.1, -0.05) is 6.07 Å². The van der Waals surface area contributed by atoms with Gasteiger partial charge < -0.3 is 0 Å². The fourth-order valence-electron chi connectivity index (χ4n) is 2.80. The van der Waals surface area contributed by atoms with Gasteiger partial charge in [-0.3, -0.25) is 9.78 Å². The summed E-state index contributed by atoms with van der Waals surface area (Å²) in [5.41, 5.74) is 0.920. The first-order chi connectivity index (χ1) is 7.33. The first-order valence-electron chi connectivity index (χ1n) is 5.75. The van der Waals surface area contributed by atoms with E-state index in [1.165, 1.54) is 6.42 Å². The van der Waals surface area contributed by atoms with Crippen LogP contribution >= 0.6 is 0 Å². The Morgan fingerprint density at radius 2 is 2.07 bits per heavy atom. The maximum absolute atomic E-state index is 11.9. The predicted octanol–water partition coefficient (Wildman–Crippen LogP) is 2.24. The summed E-state index contributed by atoms with van der Waals surface area (Å²) >= 11 is 0. The Labute approximate surface area is 89.7 Å². The third-order valence-electron chi connectivity index (χ3n) is 3.78. The molecule has 0 bridgehead atoms. The number of nitrogens with zero attached hydrogens (tertiary/aromatic N) is 1. The number of Topliss-reactive ketones (excluding diaryl/α,β-unsaturated/α-hetero) is 1. The topological polar surface area (TPSA) is 30.0 Å². The van der Waals surface area contributed by atoms with Gasteiger partial charge in [0.05, 0.1) is 0 Å². The zero-order chi connectivity index (χ0) is 10.3. The van der Waals surface area contributed by atoms with Crippen LogP contribution in [0.1, 0.15) is 25.0 Å². The van der Waals surface area contributed by atoms with Gasteiger partial charge in [-0.25, -0.2) is 0 Å². The average molecular weight is 201 g/mol. The number of carbonyl (C=O) groups excluding carboxylic acids is 1. The standard InChI is InChI=1S/C13H15NO/c15-13(8-12-3-1-2-4-14-12)11-6-9-5-10(9)7-11/h1-4,9-11H,5-8H2. The Morgan fingerprint density at radius 1 is 1.27 bits per heavy atom. The van der Waals surface area contributed by atoms with Crippen molar-refractivity contribution in [1.82, 2.24) is 4.98 Å². The van der Waals surface area contributed by atoms with Crippen LogP contribution in [-0.4, -0.2) is 10.8 Å². The lowest BCUT2D eigenvalue weighted by molar-refractivity contribution is -0.122. The van der Waals surface area contributed by atoms with Crippen molar-refractivity contribution < 1.29 is 4.79 Å². The van der Waals surface area contributed by atoms with E-state index in [2.05, 4.69) is 4.98 Å². The Bertz CT molecular complexity index is 363. The summed E-state index contributed by atoms with van der Waals surface area (Å²) in [6.07, 6.45) is 5.97. The van der Waals surface area contributed by atoms with Crippen LogP contribution in [0.5, 0.6) is 0 Å². The second-order valence-electron chi connectivity index (χ2n) is 4.89. The van der Waals surface area contributed by atoms with Crippen molar-refractivity contribution in [2.24, 2.45) is 17.8 Å². The number of hydrogen-bond acceptors (Lipinski definition) is 2. The average Bonchev–Trinajstić information content (AvgIpc) is 2.87.